The molecule has 2 fully saturated rings. The molecule has 126 valence electrons. The lowest BCUT2D eigenvalue weighted by Gasteiger charge is -2.15. The first-order valence-electron chi connectivity index (χ1n) is 8.55. The zero-order chi connectivity index (χ0) is 16.2. The molecule has 0 aromatic carbocycles. The molecule has 3 aliphatic rings. The molecule has 3 amide bonds. The fourth-order valence-electron chi connectivity index (χ4n) is 3.61. The smallest absolute Gasteiger partial charge is 0.233 e. The molecule has 6 nitrogen and oxygen atoms in total. The minimum atomic E-state index is -0.180. The van der Waals surface area contributed by atoms with Gasteiger partial charge in [-0.15, -0.1) is 0 Å². The fourth-order valence-corrected chi connectivity index (χ4v) is 3.61. The first-order chi connectivity index (χ1) is 11.2. The predicted molar refractivity (Wildman–Crippen MR) is 83.3 cm³/mol. The number of hydrogen-bond donors (Lipinski definition) is 1. The van der Waals surface area contributed by atoms with Crippen molar-refractivity contribution in [3.8, 4) is 0 Å². The third-order valence-electron chi connectivity index (χ3n) is 4.94. The SMILES string of the molecule is O=C(CCCN1C(=O)[C@H]2CC=CC[C@H]2C1=O)NC[C@H]1CCCO1. The van der Waals surface area contributed by atoms with E-state index in [1.165, 1.54) is 4.90 Å². The second-order valence-electron chi connectivity index (χ2n) is 6.53. The van der Waals surface area contributed by atoms with E-state index in [1.807, 2.05) is 12.2 Å². The van der Waals surface area contributed by atoms with Crippen LogP contribution in [0.5, 0.6) is 0 Å². The van der Waals surface area contributed by atoms with Gasteiger partial charge >= 0.3 is 0 Å². The summed E-state index contributed by atoms with van der Waals surface area (Å²) in [6.07, 6.45) is 8.31. The Hall–Kier alpha value is -1.69. The Kier molecular flexibility index (Phi) is 5.10. The maximum atomic E-state index is 12.3. The number of nitrogens with zero attached hydrogens (tertiary/aromatic N) is 1. The molecule has 1 N–H and O–H groups in total. The Labute approximate surface area is 136 Å². The summed E-state index contributed by atoms with van der Waals surface area (Å²) in [5.74, 6) is -0.534. The number of fused-ring (bicyclic) bond motifs is 1. The molecule has 2 saturated heterocycles. The molecule has 0 spiro atoms. The van der Waals surface area contributed by atoms with Crippen molar-refractivity contribution in [1.29, 1.82) is 0 Å². The normalized spacial score (nSPS) is 29.9. The van der Waals surface area contributed by atoms with E-state index in [-0.39, 0.29) is 35.7 Å². The molecule has 0 bridgehead atoms. The highest BCUT2D eigenvalue weighted by atomic mass is 16.5. The molecule has 2 heterocycles. The third kappa shape index (κ3) is 3.63. The van der Waals surface area contributed by atoms with Crippen molar-refractivity contribution in [3.05, 3.63) is 12.2 Å². The van der Waals surface area contributed by atoms with E-state index in [9.17, 15) is 14.4 Å². The van der Waals surface area contributed by atoms with Gasteiger partial charge in [-0.2, -0.15) is 0 Å². The van der Waals surface area contributed by atoms with Crippen molar-refractivity contribution in [3.63, 3.8) is 0 Å². The van der Waals surface area contributed by atoms with E-state index in [1.54, 1.807) is 0 Å². The lowest BCUT2D eigenvalue weighted by Crippen LogP contribution is -2.34. The van der Waals surface area contributed by atoms with Crippen LogP contribution in [-0.2, 0) is 19.1 Å². The molecule has 0 unspecified atom stereocenters. The summed E-state index contributed by atoms with van der Waals surface area (Å²) in [6, 6.07) is 0. The van der Waals surface area contributed by atoms with Gasteiger partial charge in [0, 0.05) is 26.1 Å². The first kappa shape index (κ1) is 16.2. The third-order valence-corrected chi connectivity index (χ3v) is 4.94. The summed E-state index contributed by atoms with van der Waals surface area (Å²) in [4.78, 5) is 37.7. The van der Waals surface area contributed by atoms with Gasteiger partial charge in [-0.3, -0.25) is 19.3 Å². The van der Waals surface area contributed by atoms with E-state index in [2.05, 4.69) is 5.32 Å². The Balaban J connectivity index is 1.39. The van der Waals surface area contributed by atoms with Gasteiger partial charge in [0.2, 0.25) is 17.7 Å². The summed E-state index contributed by atoms with van der Waals surface area (Å²) < 4.78 is 5.45. The number of rotatable bonds is 6. The Bertz CT molecular complexity index is 485. The van der Waals surface area contributed by atoms with Crippen LogP contribution in [-0.4, -0.2) is 48.4 Å². The second-order valence-corrected chi connectivity index (χ2v) is 6.53. The molecular formula is C17H24N2O4. The van der Waals surface area contributed by atoms with Crippen LogP contribution in [0, 0.1) is 11.8 Å². The molecule has 0 radical (unpaired) electrons. The molecule has 2 aliphatic heterocycles. The molecule has 23 heavy (non-hydrogen) atoms. The van der Waals surface area contributed by atoms with E-state index in [4.69, 9.17) is 4.74 Å². The molecule has 1 aliphatic carbocycles. The minimum Gasteiger partial charge on any atom is -0.376 e. The molecule has 0 aromatic rings. The van der Waals surface area contributed by atoms with Gasteiger partial charge in [0.25, 0.3) is 0 Å². The topological polar surface area (TPSA) is 75.7 Å². The van der Waals surface area contributed by atoms with Crippen LogP contribution >= 0.6 is 0 Å². The average molecular weight is 320 g/mol. The number of allylic oxidation sites excluding steroid dienone is 2. The Morgan fingerprint density at radius 3 is 2.52 bits per heavy atom. The van der Waals surface area contributed by atoms with Crippen LogP contribution in [0.2, 0.25) is 0 Å². The maximum Gasteiger partial charge on any atom is 0.233 e. The summed E-state index contributed by atoms with van der Waals surface area (Å²) in [7, 11) is 0. The summed E-state index contributed by atoms with van der Waals surface area (Å²) in [5.41, 5.74) is 0. The number of hydrogen-bond acceptors (Lipinski definition) is 4. The first-order valence-corrected chi connectivity index (χ1v) is 8.55. The molecule has 3 atom stereocenters. The van der Waals surface area contributed by atoms with Gasteiger partial charge < -0.3 is 10.1 Å². The number of amides is 3. The molecule has 3 rings (SSSR count). The Morgan fingerprint density at radius 2 is 1.91 bits per heavy atom. The number of carbonyl (C=O) groups is 3. The summed E-state index contributed by atoms with van der Waals surface area (Å²) in [5, 5.41) is 2.86. The van der Waals surface area contributed by atoms with Gasteiger partial charge in [0.15, 0.2) is 0 Å². The van der Waals surface area contributed by atoms with E-state index >= 15 is 0 Å². The predicted octanol–water partition coefficient (Wildman–Crippen LogP) is 1.01. The van der Waals surface area contributed by atoms with E-state index in [0.717, 1.165) is 19.4 Å². The highest BCUT2D eigenvalue weighted by molar-refractivity contribution is 6.05. The van der Waals surface area contributed by atoms with Crippen molar-refractivity contribution in [2.75, 3.05) is 19.7 Å². The monoisotopic (exact) mass is 320 g/mol. The number of nitrogens with one attached hydrogen (secondary N) is 1. The van der Waals surface area contributed by atoms with Crippen molar-refractivity contribution in [2.45, 2.75) is 44.6 Å². The van der Waals surface area contributed by atoms with Crippen LogP contribution < -0.4 is 5.32 Å². The number of ether oxygens (including phenoxy) is 1. The quantitative estimate of drug-likeness (QED) is 0.585. The van der Waals surface area contributed by atoms with Crippen molar-refractivity contribution in [1.82, 2.24) is 10.2 Å². The van der Waals surface area contributed by atoms with E-state index in [0.29, 0.717) is 38.8 Å². The highest BCUT2D eigenvalue weighted by Gasteiger charge is 2.46. The summed E-state index contributed by atoms with van der Waals surface area (Å²) in [6.45, 7) is 1.67. The number of imide groups is 1. The zero-order valence-electron chi connectivity index (χ0n) is 13.3. The lowest BCUT2D eigenvalue weighted by molar-refractivity contribution is -0.140. The molecular weight excluding hydrogens is 296 g/mol. The zero-order valence-corrected chi connectivity index (χ0v) is 13.3. The highest BCUT2D eigenvalue weighted by Crippen LogP contribution is 2.35. The number of likely N-dealkylation sites (tertiary alicyclic amines) is 1. The van der Waals surface area contributed by atoms with Gasteiger partial charge in [-0.25, -0.2) is 0 Å². The number of carbonyl (C=O) groups excluding carboxylic acids is 3. The Morgan fingerprint density at radius 1 is 1.22 bits per heavy atom. The van der Waals surface area contributed by atoms with Crippen molar-refractivity contribution >= 4 is 17.7 Å². The molecule has 0 saturated carbocycles. The summed E-state index contributed by atoms with van der Waals surface area (Å²) >= 11 is 0. The average Bonchev–Trinajstić information content (AvgIpc) is 3.16. The largest absolute Gasteiger partial charge is 0.376 e. The second kappa shape index (κ2) is 7.25. The van der Waals surface area contributed by atoms with Crippen molar-refractivity contribution in [2.24, 2.45) is 11.8 Å². The van der Waals surface area contributed by atoms with Crippen LogP contribution in [0.25, 0.3) is 0 Å². The fraction of sp³-hybridized carbons (Fsp3) is 0.706. The standard InChI is InChI=1S/C17H24N2O4/c20-15(18-11-12-5-4-10-23-12)8-3-9-19-16(21)13-6-1-2-7-14(13)17(19)22/h1-2,12-14H,3-11H2,(H,18,20)/t12-,13-,14+/m1/s1. The van der Waals surface area contributed by atoms with Crippen LogP contribution in [0.15, 0.2) is 12.2 Å². The molecule has 0 aromatic heterocycles. The molecule has 6 heteroatoms. The minimum absolute atomic E-state index is 0.0429. The van der Waals surface area contributed by atoms with E-state index < -0.39 is 0 Å². The van der Waals surface area contributed by atoms with Gasteiger partial charge in [0.05, 0.1) is 17.9 Å². The van der Waals surface area contributed by atoms with Crippen molar-refractivity contribution < 1.29 is 19.1 Å². The van der Waals surface area contributed by atoms with Gasteiger partial charge in [-0.1, -0.05) is 12.2 Å². The van der Waals surface area contributed by atoms with Crippen LogP contribution in [0.1, 0.15) is 38.5 Å². The lowest BCUT2D eigenvalue weighted by atomic mass is 9.85. The van der Waals surface area contributed by atoms with Gasteiger partial charge in [0.1, 0.15) is 0 Å². The maximum absolute atomic E-state index is 12.3. The van der Waals surface area contributed by atoms with Crippen LogP contribution in [0.4, 0.5) is 0 Å². The van der Waals surface area contributed by atoms with Crippen LogP contribution in [0.3, 0.4) is 0 Å². The van der Waals surface area contributed by atoms with Gasteiger partial charge in [-0.05, 0) is 32.1 Å².